The summed E-state index contributed by atoms with van der Waals surface area (Å²) in [6, 6.07) is 12.6. The van der Waals surface area contributed by atoms with Crippen molar-refractivity contribution in [3.05, 3.63) is 51.9 Å². The number of thiophene rings is 1. The normalized spacial score (nSPS) is 16.4. The Morgan fingerprint density at radius 1 is 1.00 bits per heavy atom. The summed E-state index contributed by atoms with van der Waals surface area (Å²) < 4.78 is 0. The third-order valence-electron chi connectivity index (χ3n) is 6.87. The maximum absolute atomic E-state index is 12.6. The van der Waals surface area contributed by atoms with Crippen molar-refractivity contribution in [1.82, 2.24) is 9.80 Å². The number of rotatable bonds is 8. The quantitative estimate of drug-likeness (QED) is 0.571. The van der Waals surface area contributed by atoms with Crippen LogP contribution < -0.4 is 5.32 Å². The van der Waals surface area contributed by atoms with E-state index in [1.54, 1.807) is 11.3 Å². The number of anilines is 1. The number of hydrogen-bond donors (Lipinski definition) is 1. The first-order valence-corrected chi connectivity index (χ1v) is 13.3. The second-order valence-corrected chi connectivity index (χ2v) is 10.3. The van der Waals surface area contributed by atoms with Gasteiger partial charge in [0.1, 0.15) is 11.1 Å². The first-order valence-electron chi connectivity index (χ1n) is 12.5. The molecular formula is C27H34N4O2S. The second-order valence-electron chi connectivity index (χ2n) is 9.24. The van der Waals surface area contributed by atoms with E-state index in [0.717, 1.165) is 75.3 Å². The van der Waals surface area contributed by atoms with E-state index in [4.69, 9.17) is 0 Å². The molecule has 6 nitrogen and oxygen atoms in total. The summed E-state index contributed by atoms with van der Waals surface area (Å²) in [6.45, 7) is 3.72. The van der Waals surface area contributed by atoms with Gasteiger partial charge in [-0.15, -0.1) is 11.3 Å². The summed E-state index contributed by atoms with van der Waals surface area (Å²) in [5, 5.41) is 13.4. The summed E-state index contributed by atoms with van der Waals surface area (Å²) >= 11 is 1.59. The Morgan fingerprint density at radius 3 is 2.53 bits per heavy atom. The fourth-order valence-corrected chi connectivity index (χ4v) is 6.12. The van der Waals surface area contributed by atoms with Crippen molar-refractivity contribution in [2.24, 2.45) is 0 Å². The van der Waals surface area contributed by atoms with Gasteiger partial charge >= 0.3 is 0 Å². The summed E-state index contributed by atoms with van der Waals surface area (Å²) in [6.07, 6.45) is 8.24. The van der Waals surface area contributed by atoms with Crippen molar-refractivity contribution in [3.8, 4) is 6.07 Å². The molecule has 2 aromatic rings. The molecule has 2 aliphatic rings. The number of nitrogens with zero attached hydrogens (tertiary/aromatic N) is 3. The lowest BCUT2D eigenvalue weighted by atomic mass is 10.1. The highest BCUT2D eigenvalue weighted by Gasteiger charge is 2.23. The number of piperazine rings is 1. The molecule has 1 saturated heterocycles. The van der Waals surface area contributed by atoms with Gasteiger partial charge in [0.2, 0.25) is 11.8 Å². The predicted octanol–water partition coefficient (Wildman–Crippen LogP) is 4.38. The highest BCUT2D eigenvalue weighted by atomic mass is 32.1. The summed E-state index contributed by atoms with van der Waals surface area (Å²) in [4.78, 5) is 30.6. The van der Waals surface area contributed by atoms with E-state index in [0.29, 0.717) is 24.9 Å². The zero-order valence-electron chi connectivity index (χ0n) is 19.9. The van der Waals surface area contributed by atoms with Crippen LogP contribution in [0, 0.1) is 11.3 Å². The van der Waals surface area contributed by atoms with E-state index in [9.17, 15) is 14.9 Å². The minimum atomic E-state index is -0.0349. The first kappa shape index (κ1) is 24.4. The van der Waals surface area contributed by atoms with Crippen molar-refractivity contribution in [2.75, 3.05) is 38.0 Å². The van der Waals surface area contributed by atoms with E-state index in [1.165, 1.54) is 16.9 Å². The summed E-state index contributed by atoms with van der Waals surface area (Å²) in [5.41, 5.74) is 3.11. The number of amides is 2. The smallest absolute Gasteiger partial charge is 0.226 e. The molecule has 34 heavy (non-hydrogen) atoms. The lowest BCUT2D eigenvalue weighted by Gasteiger charge is -2.34. The number of nitrogens with one attached hydrogen (secondary N) is 1. The van der Waals surface area contributed by atoms with E-state index in [1.807, 2.05) is 23.1 Å². The lowest BCUT2D eigenvalue weighted by Crippen LogP contribution is -2.49. The average Bonchev–Trinajstić information content (AvgIpc) is 3.02. The molecule has 2 amide bonds. The summed E-state index contributed by atoms with van der Waals surface area (Å²) in [7, 11) is 0. The molecule has 1 fully saturated rings. The van der Waals surface area contributed by atoms with Gasteiger partial charge in [-0.05, 0) is 49.7 Å². The predicted molar refractivity (Wildman–Crippen MR) is 136 cm³/mol. The molecule has 180 valence electrons. The van der Waals surface area contributed by atoms with Gasteiger partial charge in [-0.25, -0.2) is 0 Å². The molecule has 0 atom stereocenters. The van der Waals surface area contributed by atoms with E-state index >= 15 is 0 Å². The molecule has 1 aromatic carbocycles. The highest BCUT2D eigenvalue weighted by molar-refractivity contribution is 7.16. The van der Waals surface area contributed by atoms with E-state index in [2.05, 4.69) is 28.4 Å². The number of nitriles is 1. The van der Waals surface area contributed by atoms with Gasteiger partial charge in [0.25, 0.3) is 0 Å². The van der Waals surface area contributed by atoms with Crippen molar-refractivity contribution < 1.29 is 9.59 Å². The molecule has 1 N–H and O–H groups in total. The Morgan fingerprint density at radius 2 is 1.76 bits per heavy atom. The van der Waals surface area contributed by atoms with Gasteiger partial charge < -0.3 is 10.2 Å². The lowest BCUT2D eigenvalue weighted by molar-refractivity contribution is -0.133. The Balaban J connectivity index is 1.17. The molecule has 0 saturated carbocycles. The second kappa shape index (κ2) is 12.1. The van der Waals surface area contributed by atoms with Crippen molar-refractivity contribution >= 4 is 28.2 Å². The van der Waals surface area contributed by atoms with Gasteiger partial charge in [-0.2, -0.15) is 5.26 Å². The Hall–Kier alpha value is -2.69. The van der Waals surface area contributed by atoms with Crippen LogP contribution in [0.3, 0.4) is 0 Å². The minimum absolute atomic E-state index is 0.0349. The van der Waals surface area contributed by atoms with Crippen LogP contribution in [0.25, 0.3) is 0 Å². The van der Waals surface area contributed by atoms with Crippen molar-refractivity contribution in [2.45, 2.75) is 57.8 Å². The molecule has 1 aliphatic carbocycles. The molecule has 0 spiro atoms. The summed E-state index contributed by atoms with van der Waals surface area (Å²) in [5.74, 6) is 0.196. The Bertz CT molecular complexity index is 1020. The van der Waals surface area contributed by atoms with Crippen LogP contribution in [-0.4, -0.2) is 54.3 Å². The molecule has 2 heterocycles. The van der Waals surface area contributed by atoms with Crippen LogP contribution in [-0.2, 0) is 28.9 Å². The number of aryl methyl sites for hydroxylation is 2. The zero-order valence-corrected chi connectivity index (χ0v) is 20.7. The van der Waals surface area contributed by atoms with Gasteiger partial charge in [0.15, 0.2) is 0 Å². The molecule has 0 bridgehead atoms. The SMILES string of the molecule is N#Cc1c(NC(=O)CCN2CCN(C(=O)CCCc3ccccc3)CC2)sc2c1CCCCC2. The van der Waals surface area contributed by atoms with Crippen molar-refractivity contribution in [3.63, 3.8) is 0 Å². The van der Waals surface area contributed by atoms with Gasteiger partial charge in [0, 0.05) is 50.4 Å². The van der Waals surface area contributed by atoms with Crippen LogP contribution in [0.5, 0.6) is 0 Å². The van der Waals surface area contributed by atoms with Gasteiger partial charge in [0.05, 0.1) is 5.56 Å². The van der Waals surface area contributed by atoms with Crippen LogP contribution in [0.2, 0.25) is 0 Å². The molecule has 1 aliphatic heterocycles. The van der Waals surface area contributed by atoms with Crippen LogP contribution in [0.4, 0.5) is 5.00 Å². The monoisotopic (exact) mass is 478 g/mol. The third-order valence-corrected chi connectivity index (χ3v) is 8.07. The number of carbonyl (C=O) groups is 2. The van der Waals surface area contributed by atoms with Gasteiger partial charge in [-0.1, -0.05) is 36.8 Å². The highest BCUT2D eigenvalue weighted by Crippen LogP contribution is 2.37. The molecule has 7 heteroatoms. The van der Waals surface area contributed by atoms with Crippen LogP contribution in [0.1, 0.15) is 60.1 Å². The standard InChI is InChI=1S/C27H34N4O2S/c28-20-23-22-11-5-2-6-12-24(22)34-27(23)29-25(32)14-15-30-16-18-31(19-17-30)26(33)13-7-10-21-8-3-1-4-9-21/h1,3-4,8-9H,2,5-7,10-19H2,(H,29,32). The van der Waals surface area contributed by atoms with E-state index < -0.39 is 0 Å². The first-order chi connectivity index (χ1) is 16.6. The molecule has 1 aromatic heterocycles. The fraction of sp³-hybridized carbons (Fsp3) is 0.519. The van der Waals surface area contributed by atoms with Crippen LogP contribution in [0.15, 0.2) is 30.3 Å². The van der Waals surface area contributed by atoms with Crippen molar-refractivity contribution in [1.29, 1.82) is 5.26 Å². The van der Waals surface area contributed by atoms with E-state index in [-0.39, 0.29) is 11.8 Å². The fourth-order valence-electron chi connectivity index (χ4n) is 4.87. The zero-order chi connectivity index (χ0) is 23.8. The molecular weight excluding hydrogens is 444 g/mol. The average molecular weight is 479 g/mol. The topological polar surface area (TPSA) is 76.4 Å². The number of fused-ring (bicyclic) bond motifs is 1. The largest absolute Gasteiger partial charge is 0.340 e. The maximum Gasteiger partial charge on any atom is 0.226 e. The molecule has 0 unspecified atom stereocenters. The third kappa shape index (κ3) is 6.46. The number of hydrogen-bond acceptors (Lipinski definition) is 5. The Labute approximate surface area is 206 Å². The Kier molecular flexibility index (Phi) is 8.73. The minimum Gasteiger partial charge on any atom is -0.340 e. The number of carbonyl (C=O) groups excluding carboxylic acids is 2. The maximum atomic E-state index is 12.6. The number of benzene rings is 1. The molecule has 4 rings (SSSR count). The van der Waals surface area contributed by atoms with Crippen LogP contribution >= 0.6 is 11.3 Å². The van der Waals surface area contributed by atoms with Gasteiger partial charge in [-0.3, -0.25) is 14.5 Å². The molecule has 0 radical (unpaired) electrons.